The maximum absolute atomic E-state index is 4.36. The van der Waals surface area contributed by atoms with Crippen LogP contribution in [0, 0.1) is 5.92 Å². The fourth-order valence-electron chi connectivity index (χ4n) is 2.72. The van der Waals surface area contributed by atoms with Crippen molar-refractivity contribution in [1.29, 1.82) is 0 Å². The van der Waals surface area contributed by atoms with E-state index in [1.807, 2.05) is 0 Å². The van der Waals surface area contributed by atoms with Crippen molar-refractivity contribution >= 4 is 11.1 Å². The zero-order valence-corrected chi connectivity index (χ0v) is 13.3. The van der Waals surface area contributed by atoms with Crippen LogP contribution in [0.4, 0.5) is 0 Å². The zero-order chi connectivity index (χ0) is 15.2. The summed E-state index contributed by atoms with van der Waals surface area (Å²) in [7, 11) is 0. The minimum atomic E-state index is 0.611. The molecular formula is C21H24. The van der Waals surface area contributed by atoms with Gasteiger partial charge in [0.05, 0.1) is 0 Å². The Balaban J connectivity index is 2.53. The molecule has 0 bridgehead atoms. The van der Waals surface area contributed by atoms with Crippen LogP contribution in [-0.2, 0) is 0 Å². The first-order valence-corrected chi connectivity index (χ1v) is 7.59. The lowest BCUT2D eigenvalue weighted by Crippen LogP contribution is -1.97. The van der Waals surface area contributed by atoms with E-state index in [2.05, 4.69) is 88.0 Å². The number of hydrogen-bond donors (Lipinski definition) is 0. The standard InChI is InChI=1S/C21H24/c1-16(2)15-17(3)21(20-13-9-6-10-14-20)18(4)19-11-7-5-8-12-19/h5-14,16H,3,15H2,1-2,4H3/b21-18-. The van der Waals surface area contributed by atoms with Gasteiger partial charge in [-0.2, -0.15) is 0 Å². The summed E-state index contributed by atoms with van der Waals surface area (Å²) in [6.45, 7) is 11.0. The summed E-state index contributed by atoms with van der Waals surface area (Å²) in [5.41, 5.74) is 6.33. The van der Waals surface area contributed by atoms with Crippen LogP contribution in [-0.4, -0.2) is 0 Å². The highest BCUT2D eigenvalue weighted by atomic mass is 14.2. The third-order valence-electron chi connectivity index (χ3n) is 3.65. The summed E-state index contributed by atoms with van der Waals surface area (Å²) >= 11 is 0. The molecule has 0 nitrogen and oxygen atoms in total. The van der Waals surface area contributed by atoms with Crippen molar-refractivity contribution < 1.29 is 0 Å². The van der Waals surface area contributed by atoms with E-state index >= 15 is 0 Å². The number of rotatable bonds is 5. The highest BCUT2D eigenvalue weighted by molar-refractivity contribution is 5.97. The molecule has 0 heterocycles. The maximum atomic E-state index is 4.36. The van der Waals surface area contributed by atoms with Gasteiger partial charge in [-0.05, 0) is 47.1 Å². The second kappa shape index (κ2) is 7.08. The molecule has 2 rings (SSSR count). The second-order valence-electron chi connectivity index (χ2n) is 5.93. The van der Waals surface area contributed by atoms with Gasteiger partial charge in [-0.15, -0.1) is 0 Å². The Morgan fingerprint density at radius 1 is 0.857 bits per heavy atom. The Kier molecular flexibility index (Phi) is 5.16. The average Bonchev–Trinajstić information content (AvgIpc) is 2.48. The van der Waals surface area contributed by atoms with Gasteiger partial charge >= 0.3 is 0 Å². The van der Waals surface area contributed by atoms with Crippen LogP contribution in [0.5, 0.6) is 0 Å². The van der Waals surface area contributed by atoms with Crippen molar-refractivity contribution in [3.8, 4) is 0 Å². The molecule has 0 aliphatic carbocycles. The SMILES string of the molecule is C=C(CC(C)C)/C(=C(\C)c1ccccc1)c1ccccc1. The summed E-state index contributed by atoms with van der Waals surface area (Å²) < 4.78 is 0. The van der Waals surface area contributed by atoms with Gasteiger partial charge in [-0.3, -0.25) is 0 Å². The normalized spacial score (nSPS) is 12.2. The van der Waals surface area contributed by atoms with Gasteiger partial charge in [0, 0.05) is 0 Å². The lowest BCUT2D eigenvalue weighted by molar-refractivity contribution is 0.653. The molecule has 2 aromatic carbocycles. The summed E-state index contributed by atoms with van der Waals surface area (Å²) in [6, 6.07) is 21.2. The predicted octanol–water partition coefficient (Wildman–Crippen LogP) is 6.22. The molecule has 0 spiro atoms. The average molecular weight is 276 g/mol. The van der Waals surface area contributed by atoms with Gasteiger partial charge in [0.2, 0.25) is 0 Å². The topological polar surface area (TPSA) is 0 Å². The van der Waals surface area contributed by atoms with E-state index < -0.39 is 0 Å². The Morgan fingerprint density at radius 3 is 1.81 bits per heavy atom. The molecule has 108 valence electrons. The molecule has 0 radical (unpaired) electrons. The van der Waals surface area contributed by atoms with E-state index in [1.54, 1.807) is 0 Å². The van der Waals surface area contributed by atoms with E-state index in [9.17, 15) is 0 Å². The minimum absolute atomic E-state index is 0.611. The largest absolute Gasteiger partial charge is 0.0952 e. The molecule has 0 saturated carbocycles. The van der Waals surface area contributed by atoms with Crippen molar-refractivity contribution in [1.82, 2.24) is 0 Å². The van der Waals surface area contributed by atoms with E-state index in [0.717, 1.165) is 6.42 Å². The number of benzene rings is 2. The lowest BCUT2D eigenvalue weighted by atomic mass is 9.87. The highest BCUT2D eigenvalue weighted by Crippen LogP contribution is 2.33. The van der Waals surface area contributed by atoms with E-state index in [-0.39, 0.29) is 0 Å². The molecule has 0 unspecified atom stereocenters. The van der Waals surface area contributed by atoms with Gasteiger partial charge in [-0.1, -0.05) is 81.1 Å². The van der Waals surface area contributed by atoms with Crippen molar-refractivity contribution in [2.24, 2.45) is 5.92 Å². The molecule has 0 heteroatoms. The van der Waals surface area contributed by atoms with Gasteiger partial charge in [0.15, 0.2) is 0 Å². The third-order valence-corrected chi connectivity index (χ3v) is 3.65. The summed E-state index contributed by atoms with van der Waals surface area (Å²) in [4.78, 5) is 0. The molecule has 2 aromatic rings. The number of allylic oxidation sites excluding steroid dienone is 3. The van der Waals surface area contributed by atoms with Crippen molar-refractivity contribution in [2.75, 3.05) is 0 Å². The molecule has 0 N–H and O–H groups in total. The van der Waals surface area contributed by atoms with Gasteiger partial charge in [0.25, 0.3) is 0 Å². The van der Waals surface area contributed by atoms with Crippen LogP contribution in [0.15, 0.2) is 72.8 Å². The first kappa shape index (κ1) is 15.3. The fourth-order valence-corrected chi connectivity index (χ4v) is 2.72. The highest BCUT2D eigenvalue weighted by Gasteiger charge is 2.12. The quantitative estimate of drug-likeness (QED) is 0.449. The van der Waals surface area contributed by atoms with Crippen LogP contribution in [0.3, 0.4) is 0 Å². The van der Waals surface area contributed by atoms with E-state index in [0.29, 0.717) is 5.92 Å². The Hall–Kier alpha value is -2.08. The zero-order valence-electron chi connectivity index (χ0n) is 13.3. The Bertz CT molecular complexity index is 616. The molecule has 0 aromatic heterocycles. The number of hydrogen-bond acceptors (Lipinski definition) is 0. The molecule has 0 atom stereocenters. The van der Waals surface area contributed by atoms with Crippen LogP contribution in [0.2, 0.25) is 0 Å². The van der Waals surface area contributed by atoms with Gasteiger partial charge in [-0.25, -0.2) is 0 Å². The van der Waals surface area contributed by atoms with Crippen LogP contribution < -0.4 is 0 Å². The smallest absolute Gasteiger partial charge is 0.0122 e. The van der Waals surface area contributed by atoms with E-state index in [4.69, 9.17) is 0 Å². The molecular weight excluding hydrogens is 252 g/mol. The Morgan fingerprint density at radius 2 is 1.33 bits per heavy atom. The van der Waals surface area contributed by atoms with Crippen molar-refractivity contribution in [2.45, 2.75) is 27.2 Å². The molecule has 0 aliphatic rings. The first-order valence-electron chi connectivity index (χ1n) is 7.59. The van der Waals surface area contributed by atoms with E-state index in [1.165, 1.54) is 27.8 Å². The Labute approximate surface area is 128 Å². The summed E-state index contributed by atoms with van der Waals surface area (Å²) in [6.07, 6.45) is 1.02. The molecule has 0 amide bonds. The van der Waals surface area contributed by atoms with Gasteiger partial charge < -0.3 is 0 Å². The summed E-state index contributed by atoms with van der Waals surface area (Å²) in [5.74, 6) is 0.611. The second-order valence-corrected chi connectivity index (χ2v) is 5.93. The molecule has 0 saturated heterocycles. The minimum Gasteiger partial charge on any atom is -0.0952 e. The van der Waals surface area contributed by atoms with Gasteiger partial charge in [0.1, 0.15) is 0 Å². The first-order chi connectivity index (χ1) is 10.1. The van der Waals surface area contributed by atoms with Crippen LogP contribution in [0.25, 0.3) is 11.1 Å². The third kappa shape index (κ3) is 3.95. The fraction of sp³-hybridized carbons (Fsp3) is 0.238. The van der Waals surface area contributed by atoms with Crippen LogP contribution >= 0.6 is 0 Å². The maximum Gasteiger partial charge on any atom is -0.0122 e. The predicted molar refractivity (Wildman–Crippen MR) is 94.0 cm³/mol. The monoisotopic (exact) mass is 276 g/mol. The van der Waals surface area contributed by atoms with Crippen LogP contribution in [0.1, 0.15) is 38.3 Å². The molecule has 0 aliphatic heterocycles. The molecule has 0 fully saturated rings. The summed E-state index contributed by atoms with van der Waals surface area (Å²) in [5, 5.41) is 0. The van der Waals surface area contributed by atoms with Crippen molar-refractivity contribution in [3.63, 3.8) is 0 Å². The molecule has 21 heavy (non-hydrogen) atoms. The lowest BCUT2D eigenvalue weighted by Gasteiger charge is -2.17. The van der Waals surface area contributed by atoms with Crippen molar-refractivity contribution in [3.05, 3.63) is 83.9 Å².